The Labute approximate surface area is 113 Å². The van der Waals surface area contributed by atoms with E-state index in [4.69, 9.17) is 5.11 Å². The van der Waals surface area contributed by atoms with Crippen molar-refractivity contribution in [2.75, 3.05) is 6.61 Å². The molecule has 3 atom stereocenters. The van der Waals surface area contributed by atoms with Gasteiger partial charge in [0.05, 0.1) is 11.0 Å². The molecule has 2 rings (SSSR count). The first kappa shape index (κ1) is 14.4. The first-order valence-corrected chi connectivity index (χ1v) is 5.86. The Balaban J connectivity index is 2.55. The lowest BCUT2D eigenvalue weighted by molar-refractivity contribution is -0.465. The summed E-state index contributed by atoms with van der Waals surface area (Å²) in [4.78, 5) is 11.8. The van der Waals surface area contributed by atoms with Crippen LogP contribution in [-0.2, 0) is 0 Å². The number of hydrogen-bond donors (Lipinski definition) is 4. The second-order valence-corrected chi connectivity index (χ2v) is 4.35. The average molecular weight is 282 g/mol. The molecule has 4 N–H and O–H groups in total. The summed E-state index contributed by atoms with van der Waals surface area (Å²) in [7, 11) is 0. The molecular weight excluding hydrogens is 268 g/mol. The third kappa shape index (κ3) is 2.37. The number of fused-ring (bicyclic) bond motifs is 1. The van der Waals surface area contributed by atoms with E-state index in [2.05, 4.69) is 0 Å². The number of benzene rings is 1. The van der Waals surface area contributed by atoms with Crippen molar-refractivity contribution >= 4 is 11.0 Å². The van der Waals surface area contributed by atoms with Crippen LogP contribution in [0.15, 0.2) is 30.5 Å². The van der Waals surface area contributed by atoms with Crippen LogP contribution in [0.25, 0.3) is 11.0 Å². The normalized spacial score (nSPS) is 16.0. The smallest absolute Gasteiger partial charge is 0.285 e. The quantitative estimate of drug-likeness (QED) is 0.513. The standard InChI is InChI=1S/C12H14N2O6/c15-6-10(16)12(18)11(17)9-5-13(19)7-3-1-2-4-8(7)14(9)20/h1-5,10-12,15-18H,6H2/t10-,11+,12+/m1/s1. The lowest BCUT2D eigenvalue weighted by atomic mass is 10.1. The molecule has 0 radical (unpaired) electrons. The molecule has 8 nitrogen and oxygen atoms in total. The lowest BCUT2D eigenvalue weighted by Crippen LogP contribution is -2.36. The second kappa shape index (κ2) is 5.55. The van der Waals surface area contributed by atoms with Crippen LogP contribution < -0.4 is 4.43 Å². The van der Waals surface area contributed by atoms with Gasteiger partial charge in [-0.15, -0.1) is 0 Å². The monoisotopic (exact) mass is 282 g/mol. The summed E-state index contributed by atoms with van der Waals surface area (Å²) in [6, 6.07) is 5.96. The van der Waals surface area contributed by atoms with Crippen molar-refractivity contribution in [2.24, 2.45) is 0 Å². The summed E-state index contributed by atoms with van der Waals surface area (Å²) in [6.07, 6.45) is -4.40. The number of aliphatic hydroxyl groups excluding tert-OH is 4. The van der Waals surface area contributed by atoms with Crippen LogP contribution in [0.1, 0.15) is 11.8 Å². The topological polar surface area (TPSA) is 132 Å². The van der Waals surface area contributed by atoms with Crippen LogP contribution in [0.5, 0.6) is 0 Å². The Bertz CT molecular complexity index is 671. The van der Waals surface area contributed by atoms with Gasteiger partial charge in [0, 0.05) is 11.0 Å². The van der Waals surface area contributed by atoms with E-state index in [0.717, 1.165) is 6.20 Å². The SMILES string of the molecule is O=[n+]1cc([C@H](O)[C@@H](O)[C@H](O)CO)n([O-])c2ccccc21. The molecule has 0 saturated carbocycles. The van der Waals surface area contributed by atoms with E-state index >= 15 is 0 Å². The highest BCUT2D eigenvalue weighted by Crippen LogP contribution is 2.20. The molecule has 0 aliphatic carbocycles. The van der Waals surface area contributed by atoms with Gasteiger partial charge in [-0.1, -0.05) is 12.1 Å². The fraction of sp³-hybridized carbons (Fsp3) is 0.333. The predicted octanol–water partition coefficient (Wildman–Crippen LogP) is -1.35. The van der Waals surface area contributed by atoms with Gasteiger partial charge in [-0.05, 0) is 6.07 Å². The molecule has 0 bridgehead atoms. The number of aliphatic hydroxyl groups is 4. The van der Waals surface area contributed by atoms with Gasteiger partial charge in [-0.25, -0.2) is 0 Å². The molecule has 8 heteroatoms. The lowest BCUT2D eigenvalue weighted by Gasteiger charge is -2.25. The van der Waals surface area contributed by atoms with Crippen LogP contribution >= 0.6 is 0 Å². The van der Waals surface area contributed by atoms with Crippen LogP contribution in [-0.4, -0.2) is 44.0 Å². The number of aromatic nitrogens is 2. The maximum atomic E-state index is 12.1. The summed E-state index contributed by atoms with van der Waals surface area (Å²) in [6.45, 7) is -0.790. The largest absolute Gasteiger partial charge is 0.805 e. The molecule has 0 saturated heterocycles. The summed E-state index contributed by atoms with van der Waals surface area (Å²) in [5, 5.41) is 49.6. The van der Waals surface area contributed by atoms with E-state index in [1.165, 1.54) is 12.1 Å². The molecule has 0 aliphatic heterocycles. The molecular formula is C12H14N2O6. The van der Waals surface area contributed by atoms with E-state index in [9.17, 15) is 25.4 Å². The first-order chi connectivity index (χ1) is 9.47. The van der Waals surface area contributed by atoms with Crippen molar-refractivity contribution < 1.29 is 24.9 Å². The third-order valence-electron chi connectivity index (χ3n) is 3.03. The minimum Gasteiger partial charge on any atom is -0.805 e. The highest BCUT2D eigenvalue weighted by atomic mass is 16.5. The zero-order chi connectivity index (χ0) is 14.9. The van der Waals surface area contributed by atoms with Gasteiger partial charge in [0.25, 0.3) is 5.52 Å². The Kier molecular flexibility index (Phi) is 4.00. The minimum absolute atomic E-state index is 0.0183. The fourth-order valence-corrected chi connectivity index (χ4v) is 1.89. The first-order valence-electron chi connectivity index (χ1n) is 5.86. The summed E-state index contributed by atoms with van der Waals surface area (Å²) >= 11 is 0. The highest BCUT2D eigenvalue weighted by molar-refractivity contribution is 5.71. The van der Waals surface area contributed by atoms with E-state index in [0.29, 0.717) is 9.16 Å². The molecule has 0 spiro atoms. The van der Waals surface area contributed by atoms with Gasteiger partial charge in [0.15, 0.2) is 0 Å². The van der Waals surface area contributed by atoms with E-state index < -0.39 is 30.6 Å². The van der Waals surface area contributed by atoms with Gasteiger partial charge in [-0.3, -0.25) is 0 Å². The molecule has 1 aromatic heterocycles. The Hall–Kier alpha value is -2.00. The maximum Gasteiger partial charge on any atom is 0.285 e. The maximum absolute atomic E-state index is 12.1. The Morgan fingerprint density at radius 3 is 2.55 bits per heavy atom. The minimum atomic E-state index is -1.81. The molecule has 0 unspecified atom stereocenters. The number of para-hydroxylation sites is 2. The van der Waals surface area contributed by atoms with Crippen molar-refractivity contribution in [3.8, 4) is 0 Å². The summed E-state index contributed by atoms with van der Waals surface area (Å²) in [5.41, 5.74) is -0.293. The van der Waals surface area contributed by atoms with Crippen molar-refractivity contribution in [3.63, 3.8) is 0 Å². The average Bonchev–Trinajstić information content (AvgIpc) is 2.48. The fourth-order valence-electron chi connectivity index (χ4n) is 1.89. The number of hydrogen-bond acceptors (Lipinski definition) is 6. The molecule has 1 aromatic carbocycles. The number of rotatable bonds is 4. The zero-order valence-corrected chi connectivity index (χ0v) is 10.3. The van der Waals surface area contributed by atoms with E-state index in [-0.39, 0.29) is 11.0 Å². The molecule has 0 fully saturated rings. The molecule has 108 valence electrons. The van der Waals surface area contributed by atoms with Crippen LogP contribution in [0, 0.1) is 10.1 Å². The van der Waals surface area contributed by atoms with Gasteiger partial charge in [0.1, 0.15) is 29.5 Å². The Morgan fingerprint density at radius 1 is 1.25 bits per heavy atom. The molecule has 0 aliphatic rings. The van der Waals surface area contributed by atoms with E-state index in [1.807, 2.05) is 0 Å². The molecule has 1 heterocycles. The zero-order valence-electron chi connectivity index (χ0n) is 10.3. The van der Waals surface area contributed by atoms with Crippen LogP contribution in [0.2, 0.25) is 0 Å². The molecule has 20 heavy (non-hydrogen) atoms. The van der Waals surface area contributed by atoms with Gasteiger partial charge < -0.3 is 30.4 Å². The molecule has 2 aromatic rings. The van der Waals surface area contributed by atoms with Crippen molar-refractivity contribution in [1.82, 2.24) is 4.73 Å². The predicted molar refractivity (Wildman–Crippen MR) is 68.1 cm³/mol. The van der Waals surface area contributed by atoms with Gasteiger partial charge in [-0.2, -0.15) is 0 Å². The number of nitrogens with zero attached hydrogens (tertiary/aromatic N) is 2. The molecule has 0 amide bonds. The second-order valence-electron chi connectivity index (χ2n) is 4.35. The summed E-state index contributed by atoms with van der Waals surface area (Å²) < 4.78 is 0.696. The Morgan fingerprint density at radius 2 is 1.90 bits per heavy atom. The third-order valence-corrected chi connectivity index (χ3v) is 3.03. The van der Waals surface area contributed by atoms with Crippen molar-refractivity contribution in [3.05, 3.63) is 46.3 Å². The van der Waals surface area contributed by atoms with Crippen molar-refractivity contribution in [1.29, 1.82) is 0 Å². The van der Waals surface area contributed by atoms with E-state index in [1.54, 1.807) is 12.1 Å². The highest BCUT2D eigenvalue weighted by Gasteiger charge is 2.29. The van der Waals surface area contributed by atoms with Gasteiger partial charge >= 0.3 is 0 Å². The summed E-state index contributed by atoms with van der Waals surface area (Å²) in [5.74, 6) is 0. The van der Waals surface area contributed by atoms with Crippen LogP contribution in [0.4, 0.5) is 0 Å². The van der Waals surface area contributed by atoms with Gasteiger partial charge in [0.2, 0.25) is 6.20 Å². The van der Waals surface area contributed by atoms with Crippen LogP contribution in [0.3, 0.4) is 0 Å². The van der Waals surface area contributed by atoms with Crippen molar-refractivity contribution in [2.45, 2.75) is 18.3 Å².